The van der Waals surface area contributed by atoms with Crippen LogP contribution >= 0.6 is 0 Å². The first-order valence-electron chi connectivity index (χ1n) is 6.61. The van der Waals surface area contributed by atoms with Crippen molar-refractivity contribution in [1.82, 2.24) is 9.88 Å². The second kappa shape index (κ2) is 7.04. The fraction of sp³-hybridized carbons (Fsp3) is 0.615. The van der Waals surface area contributed by atoms with Crippen molar-refractivity contribution in [3.05, 3.63) is 22.2 Å². The Morgan fingerprint density at radius 3 is 2.50 bits per heavy atom. The monoisotopic (exact) mass is 281 g/mol. The van der Waals surface area contributed by atoms with E-state index in [0.29, 0.717) is 11.7 Å². The Morgan fingerprint density at radius 1 is 1.35 bits per heavy atom. The Bertz CT molecular complexity index is 462. The van der Waals surface area contributed by atoms with Gasteiger partial charge < -0.3 is 15.5 Å². The highest BCUT2D eigenvalue weighted by molar-refractivity contribution is 5.54. The lowest BCUT2D eigenvalue weighted by atomic mass is 10.2. The van der Waals surface area contributed by atoms with Crippen LogP contribution in [0.3, 0.4) is 0 Å². The van der Waals surface area contributed by atoms with Gasteiger partial charge in [-0.2, -0.15) is 0 Å². The van der Waals surface area contributed by atoms with Gasteiger partial charge in [0.25, 0.3) is 5.69 Å². The number of nitrogens with two attached hydrogens (primary N) is 1. The predicted octanol–water partition coefficient (Wildman–Crippen LogP) is 1.60. The predicted molar refractivity (Wildman–Crippen MR) is 80.9 cm³/mol. The number of nitrogens with zero attached hydrogens (tertiary/aromatic N) is 4. The Hall–Kier alpha value is -1.89. The quantitative estimate of drug-likeness (QED) is 0.603. The van der Waals surface area contributed by atoms with Crippen LogP contribution in [0.4, 0.5) is 17.3 Å². The van der Waals surface area contributed by atoms with Gasteiger partial charge in [0.05, 0.1) is 17.1 Å². The third-order valence-corrected chi connectivity index (χ3v) is 2.75. The van der Waals surface area contributed by atoms with Gasteiger partial charge in [-0.15, -0.1) is 0 Å². The van der Waals surface area contributed by atoms with Crippen molar-refractivity contribution < 1.29 is 4.92 Å². The summed E-state index contributed by atoms with van der Waals surface area (Å²) >= 11 is 0. The van der Waals surface area contributed by atoms with Crippen molar-refractivity contribution in [1.29, 1.82) is 0 Å². The molecule has 1 aromatic rings. The van der Waals surface area contributed by atoms with Crippen LogP contribution < -0.4 is 10.6 Å². The molecule has 7 nitrogen and oxygen atoms in total. The molecule has 0 amide bonds. The van der Waals surface area contributed by atoms with Crippen molar-refractivity contribution in [2.24, 2.45) is 5.92 Å². The molecular weight excluding hydrogens is 258 g/mol. The largest absolute Gasteiger partial charge is 0.383 e. The molecule has 0 aromatic carbocycles. The zero-order chi connectivity index (χ0) is 15.3. The van der Waals surface area contributed by atoms with Crippen molar-refractivity contribution in [3.8, 4) is 0 Å². The average molecular weight is 281 g/mol. The van der Waals surface area contributed by atoms with Crippen LogP contribution in [0.2, 0.25) is 0 Å². The van der Waals surface area contributed by atoms with Crippen LogP contribution in [0.5, 0.6) is 0 Å². The standard InChI is InChI=1S/C13H23N5O2/c1-10(2)9-17(6-5-16(3)4)13-8-11(18(19)20)7-12(14)15-13/h7-8,10H,5-6,9H2,1-4H3,(H2,14,15). The SMILES string of the molecule is CC(C)CN(CCN(C)C)c1cc([N+](=O)[O-])cc(N)n1. The van der Waals surface area contributed by atoms with Crippen LogP contribution in [0.15, 0.2) is 12.1 Å². The number of nitro groups is 1. The van der Waals surface area contributed by atoms with Gasteiger partial charge in [-0.3, -0.25) is 10.1 Å². The van der Waals surface area contributed by atoms with Crippen molar-refractivity contribution in [2.45, 2.75) is 13.8 Å². The van der Waals surface area contributed by atoms with Crippen LogP contribution in [0.1, 0.15) is 13.8 Å². The van der Waals surface area contributed by atoms with Gasteiger partial charge in [0, 0.05) is 19.6 Å². The first-order valence-corrected chi connectivity index (χ1v) is 6.61. The van der Waals surface area contributed by atoms with E-state index in [1.54, 1.807) is 0 Å². The molecule has 0 atom stereocenters. The second-order valence-corrected chi connectivity index (χ2v) is 5.51. The summed E-state index contributed by atoms with van der Waals surface area (Å²) in [6, 6.07) is 2.76. The molecule has 0 aliphatic carbocycles. The molecule has 0 spiro atoms. The molecule has 0 fully saturated rings. The van der Waals surface area contributed by atoms with E-state index < -0.39 is 4.92 Å². The average Bonchev–Trinajstić information content (AvgIpc) is 2.32. The molecule has 1 aromatic heterocycles. The van der Waals surface area contributed by atoms with Crippen LogP contribution in [-0.4, -0.2) is 48.5 Å². The van der Waals surface area contributed by atoms with E-state index in [2.05, 4.69) is 23.7 Å². The van der Waals surface area contributed by atoms with Gasteiger partial charge in [0.2, 0.25) is 0 Å². The molecule has 0 saturated carbocycles. The van der Waals surface area contributed by atoms with Crippen LogP contribution in [0, 0.1) is 16.0 Å². The fourth-order valence-corrected chi connectivity index (χ4v) is 1.85. The molecule has 1 rings (SSSR count). The number of aromatic nitrogens is 1. The first kappa shape index (κ1) is 16.2. The molecule has 0 radical (unpaired) electrons. The molecule has 7 heteroatoms. The molecule has 0 aliphatic heterocycles. The number of anilines is 2. The highest BCUT2D eigenvalue weighted by Crippen LogP contribution is 2.22. The molecule has 1 heterocycles. The van der Waals surface area contributed by atoms with Crippen LogP contribution in [0.25, 0.3) is 0 Å². The summed E-state index contributed by atoms with van der Waals surface area (Å²) in [5.41, 5.74) is 5.65. The van der Waals surface area contributed by atoms with Gasteiger partial charge in [-0.05, 0) is 20.0 Å². The highest BCUT2D eigenvalue weighted by atomic mass is 16.6. The van der Waals surface area contributed by atoms with Crippen molar-refractivity contribution >= 4 is 17.3 Å². The maximum absolute atomic E-state index is 10.9. The Morgan fingerprint density at radius 2 is 2.00 bits per heavy atom. The number of hydrogen-bond acceptors (Lipinski definition) is 6. The van der Waals surface area contributed by atoms with E-state index in [-0.39, 0.29) is 11.5 Å². The molecule has 0 unspecified atom stereocenters. The maximum atomic E-state index is 10.9. The van der Waals surface area contributed by atoms with Crippen molar-refractivity contribution in [2.75, 3.05) is 44.4 Å². The normalized spacial score (nSPS) is 11.1. The van der Waals surface area contributed by atoms with Gasteiger partial charge in [-0.1, -0.05) is 13.8 Å². The minimum absolute atomic E-state index is 0.0221. The Labute approximate surface area is 119 Å². The number of pyridine rings is 1. The van der Waals surface area contributed by atoms with Crippen LogP contribution in [-0.2, 0) is 0 Å². The Balaban J connectivity index is 3.02. The van der Waals surface area contributed by atoms with Gasteiger partial charge in [-0.25, -0.2) is 4.98 Å². The number of likely N-dealkylation sites (N-methyl/N-ethyl adjacent to an activating group) is 1. The van der Waals surface area contributed by atoms with E-state index >= 15 is 0 Å². The van der Waals surface area contributed by atoms with Crippen molar-refractivity contribution in [3.63, 3.8) is 0 Å². The number of hydrogen-bond donors (Lipinski definition) is 1. The van der Waals surface area contributed by atoms with Gasteiger partial charge in [0.15, 0.2) is 0 Å². The van der Waals surface area contributed by atoms with E-state index in [1.165, 1.54) is 12.1 Å². The third-order valence-electron chi connectivity index (χ3n) is 2.75. The maximum Gasteiger partial charge on any atom is 0.276 e. The summed E-state index contributed by atoms with van der Waals surface area (Å²) in [5.74, 6) is 1.17. The summed E-state index contributed by atoms with van der Waals surface area (Å²) in [5, 5.41) is 10.9. The lowest BCUT2D eigenvalue weighted by molar-refractivity contribution is -0.384. The molecule has 0 saturated heterocycles. The fourth-order valence-electron chi connectivity index (χ4n) is 1.85. The van der Waals surface area contributed by atoms with E-state index in [4.69, 9.17) is 5.73 Å². The molecule has 2 N–H and O–H groups in total. The minimum Gasteiger partial charge on any atom is -0.383 e. The summed E-state index contributed by atoms with van der Waals surface area (Å²) in [4.78, 5) is 18.8. The minimum atomic E-state index is -0.443. The van der Waals surface area contributed by atoms with E-state index in [9.17, 15) is 10.1 Å². The topological polar surface area (TPSA) is 88.5 Å². The zero-order valence-corrected chi connectivity index (χ0v) is 12.5. The molecular formula is C13H23N5O2. The lowest BCUT2D eigenvalue weighted by Gasteiger charge is -2.27. The highest BCUT2D eigenvalue weighted by Gasteiger charge is 2.16. The third kappa shape index (κ3) is 5.00. The summed E-state index contributed by atoms with van der Waals surface area (Å²) in [6.07, 6.45) is 0. The lowest BCUT2D eigenvalue weighted by Crippen LogP contribution is -2.35. The first-order chi connectivity index (χ1) is 9.29. The molecule has 112 valence electrons. The van der Waals surface area contributed by atoms with Gasteiger partial charge in [0.1, 0.15) is 11.6 Å². The molecule has 20 heavy (non-hydrogen) atoms. The summed E-state index contributed by atoms with van der Waals surface area (Å²) < 4.78 is 0. The summed E-state index contributed by atoms with van der Waals surface area (Å²) in [6.45, 7) is 6.57. The second-order valence-electron chi connectivity index (χ2n) is 5.51. The summed E-state index contributed by atoms with van der Waals surface area (Å²) in [7, 11) is 3.98. The van der Waals surface area contributed by atoms with Gasteiger partial charge >= 0.3 is 0 Å². The Kier molecular flexibility index (Phi) is 5.69. The zero-order valence-electron chi connectivity index (χ0n) is 12.5. The number of rotatable bonds is 7. The number of nitrogen functional groups attached to an aromatic ring is 1. The molecule has 0 bridgehead atoms. The van der Waals surface area contributed by atoms with E-state index in [0.717, 1.165) is 19.6 Å². The van der Waals surface area contributed by atoms with E-state index in [1.807, 2.05) is 19.0 Å². The molecule has 0 aliphatic rings. The smallest absolute Gasteiger partial charge is 0.276 e.